The van der Waals surface area contributed by atoms with Gasteiger partial charge in [0.15, 0.2) is 0 Å². The zero-order valence-corrected chi connectivity index (χ0v) is 15.8. The lowest BCUT2D eigenvalue weighted by Crippen LogP contribution is -2.10. The van der Waals surface area contributed by atoms with Crippen LogP contribution in [0, 0.1) is 6.92 Å². The summed E-state index contributed by atoms with van der Waals surface area (Å²) in [7, 11) is 0. The predicted molar refractivity (Wildman–Crippen MR) is 111 cm³/mol. The van der Waals surface area contributed by atoms with Gasteiger partial charge >= 0.3 is 5.97 Å². The molecule has 2 aromatic heterocycles. The number of H-pyrrole nitrogens is 1. The number of carbonyl (C=O) groups is 1. The van der Waals surface area contributed by atoms with Crippen molar-refractivity contribution in [1.29, 1.82) is 0 Å². The van der Waals surface area contributed by atoms with Crippen LogP contribution in [0.15, 0.2) is 47.4 Å². The average Bonchev–Trinajstić information content (AvgIpc) is 2.69. The van der Waals surface area contributed by atoms with Gasteiger partial charge in [0.05, 0.1) is 18.5 Å². The van der Waals surface area contributed by atoms with Gasteiger partial charge in [-0.2, -0.15) is 0 Å². The summed E-state index contributed by atoms with van der Waals surface area (Å²) in [6.07, 6.45) is 2.47. The number of nitrogens with one attached hydrogen (secondary N) is 1. The van der Waals surface area contributed by atoms with Crippen LogP contribution in [0.25, 0.3) is 32.9 Å². The lowest BCUT2D eigenvalue weighted by molar-refractivity contribution is -0.136. The van der Waals surface area contributed by atoms with Crippen LogP contribution in [-0.2, 0) is 17.6 Å². The summed E-state index contributed by atoms with van der Waals surface area (Å²) in [5.74, 6) is -0.111. The lowest BCUT2D eigenvalue weighted by Gasteiger charge is -2.21. The van der Waals surface area contributed by atoms with E-state index in [9.17, 15) is 14.7 Å². The number of carboxylic acid groups (broad SMARTS) is 1. The standard InChI is InChI=1S/C23H18N2O4/c1-12-10-17-14(3-5-19(26)25-17)22(16(12)11-20(27)28)15-2-4-18-21-13(7-9-29-18)6-8-24-23(15)21/h2-6,8,10H,7,9,11H2,1H3,(H,25,26)(H,27,28). The van der Waals surface area contributed by atoms with Crippen LogP contribution in [0.1, 0.15) is 16.7 Å². The molecular weight excluding hydrogens is 368 g/mol. The molecule has 5 rings (SSSR count). The lowest BCUT2D eigenvalue weighted by atomic mass is 9.88. The molecule has 0 spiro atoms. The molecule has 0 atom stereocenters. The number of hydrogen-bond donors (Lipinski definition) is 2. The third kappa shape index (κ3) is 2.76. The van der Waals surface area contributed by atoms with Crippen LogP contribution in [0.5, 0.6) is 5.75 Å². The minimum Gasteiger partial charge on any atom is -0.493 e. The number of carboxylic acids is 1. The molecule has 2 N–H and O–H groups in total. The minimum atomic E-state index is -0.905. The molecule has 1 aliphatic heterocycles. The van der Waals surface area contributed by atoms with Crippen LogP contribution >= 0.6 is 0 Å². The molecule has 4 aromatic rings. The van der Waals surface area contributed by atoms with Gasteiger partial charge in [-0.1, -0.05) is 0 Å². The Labute approximate surface area is 165 Å². The van der Waals surface area contributed by atoms with Crippen LogP contribution in [0.4, 0.5) is 0 Å². The molecule has 0 aliphatic carbocycles. The van der Waals surface area contributed by atoms with Crippen LogP contribution in [0.2, 0.25) is 0 Å². The van der Waals surface area contributed by atoms with E-state index in [2.05, 4.69) is 9.97 Å². The van der Waals surface area contributed by atoms with Crippen molar-refractivity contribution < 1.29 is 14.6 Å². The maximum absolute atomic E-state index is 11.9. The first-order valence-corrected chi connectivity index (χ1v) is 9.44. The van der Waals surface area contributed by atoms with Gasteiger partial charge in [0, 0.05) is 40.5 Å². The SMILES string of the molecule is Cc1cc2[nH]c(=O)ccc2c(-c2ccc3c4c(ccnc24)CCO3)c1CC(=O)O. The largest absolute Gasteiger partial charge is 0.493 e. The van der Waals surface area contributed by atoms with E-state index in [0.717, 1.165) is 50.7 Å². The van der Waals surface area contributed by atoms with Crippen molar-refractivity contribution in [1.82, 2.24) is 9.97 Å². The Hall–Kier alpha value is -3.67. The van der Waals surface area contributed by atoms with Gasteiger partial charge in [0.2, 0.25) is 5.56 Å². The van der Waals surface area contributed by atoms with Gasteiger partial charge in [0.1, 0.15) is 5.75 Å². The first kappa shape index (κ1) is 17.4. The van der Waals surface area contributed by atoms with Crippen molar-refractivity contribution in [3.63, 3.8) is 0 Å². The molecule has 0 fully saturated rings. The molecule has 144 valence electrons. The Morgan fingerprint density at radius 2 is 2.10 bits per heavy atom. The second kappa shape index (κ2) is 6.44. The van der Waals surface area contributed by atoms with Crippen molar-refractivity contribution in [2.45, 2.75) is 19.8 Å². The maximum atomic E-state index is 11.9. The van der Waals surface area contributed by atoms with E-state index in [1.807, 2.05) is 31.2 Å². The smallest absolute Gasteiger partial charge is 0.307 e. The van der Waals surface area contributed by atoms with E-state index in [1.54, 1.807) is 12.3 Å². The average molecular weight is 386 g/mol. The van der Waals surface area contributed by atoms with E-state index in [0.29, 0.717) is 12.1 Å². The van der Waals surface area contributed by atoms with E-state index < -0.39 is 5.97 Å². The Bertz CT molecular complexity index is 1360. The highest BCUT2D eigenvalue weighted by atomic mass is 16.5. The molecule has 0 radical (unpaired) electrons. The quantitative estimate of drug-likeness (QED) is 0.561. The highest BCUT2D eigenvalue weighted by Crippen LogP contribution is 2.41. The number of rotatable bonds is 3. The van der Waals surface area contributed by atoms with E-state index in [4.69, 9.17) is 4.74 Å². The summed E-state index contributed by atoms with van der Waals surface area (Å²) in [6.45, 7) is 2.50. The number of aromatic amines is 1. The number of fused-ring (bicyclic) bond motifs is 1. The number of pyridine rings is 2. The molecule has 3 heterocycles. The number of hydrogen-bond acceptors (Lipinski definition) is 4. The molecule has 1 aliphatic rings. The third-order valence-electron chi connectivity index (χ3n) is 5.52. The second-order valence-corrected chi connectivity index (χ2v) is 7.30. The van der Waals surface area contributed by atoms with Crippen molar-refractivity contribution in [2.75, 3.05) is 6.61 Å². The maximum Gasteiger partial charge on any atom is 0.307 e. The van der Waals surface area contributed by atoms with E-state index in [-0.39, 0.29) is 12.0 Å². The highest BCUT2D eigenvalue weighted by molar-refractivity contribution is 6.07. The molecular formula is C23H18N2O4. The minimum absolute atomic E-state index is 0.115. The fourth-order valence-electron chi connectivity index (χ4n) is 4.28. The zero-order valence-electron chi connectivity index (χ0n) is 15.8. The first-order valence-electron chi connectivity index (χ1n) is 9.44. The second-order valence-electron chi connectivity index (χ2n) is 7.30. The molecule has 0 bridgehead atoms. The molecule has 0 amide bonds. The first-order chi connectivity index (χ1) is 14.0. The number of nitrogens with zero attached hydrogens (tertiary/aromatic N) is 1. The van der Waals surface area contributed by atoms with Crippen LogP contribution < -0.4 is 10.3 Å². The summed E-state index contributed by atoms with van der Waals surface area (Å²) in [5.41, 5.74) is 5.60. The van der Waals surface area contributed by atoms with Crippen molar-refractivity contribution in [3.05, 3.63) is 69.6 Å². The Balaban J connectivity index is 1.94. The molecule has 2 aromatic carbocycles. The fraction of sp³-hybridized carbons (Fsp3) is 0.174. The summed E-state index contributed by atoms with van der Waals surface area (Å²) < 4.78 is 5.83. The van der Waals surface area contributed by atoms with Gasteiger partial charge in [-0.05, 0) is 59.5 Å². The van der Waals surface area contributed by atoms with Gasteiger partial charge in [0.25, 0.3) is 0 Å². The number of ether oxygens (including phenoxy) is 1. The predicted octanol–water partition coefficient (Wildman–Crippen LogP) is 3.61. The Kier molecular flexibility index (Phi) is 3.87. The fourth-order valence-corrected chi connectivity index (χ4v) is 4.28. The van der Waals surface area contributed by atoms with Gasteiger partial charge in [-0.15, -0.1) is 0 Å². The monoisotopic (exact) mass is 386 g/mol. The Morgan fingerprint density at radius 3 is 2.93 bits per heavy atom. The molecule has 0 unspecified atom stereocenters. The number of benzene rings is 2. The third-order valence-corrected chi connectivity index (χ3v) is 5.52. The molecule has 0 saturated heterocycles. The molecule has 29 heavy (non-hydrogen) atoms. The van der Waals surface area contributed by atoms with E-state index >= 15 is 0 Å². The number of aromatic nitrogens is 2. The van der Waals surface area contributed by atoms with Crippen LogP contribution in [-0.4, -0.2) is 27.7 Å². The van der Waals surface area contributed by atoms with E-state index in [1.165, 1.54) is 11.6 Å². The molecule has 6 heteroatoms. The van der Waals surface area contributed by atoms with Crippen molar-refractivity contribution in [2.24, 2.45) is 0 Å². The summed E-state index contributed by atoms with van der Waals surface area (Å²) in [5, 5.41) is 11.3. The molecule has 6 nitrogen and oxygen atoms in total. The summed E-state index contributed by atoms with van der Waals surface area (Å²) >= 11 is 0. The van der Waals surface area contributed by atoms with Gasteiger partial charge in [-0.25, -0.2) is 0 Å². The number of aryl methyl sites for hydroxylation is 1. The summed E-state index contributed by atoms with van der Waals surface area (Å²) in [4.78, 5) is 31.0. The van der Waals surface area contributed by atoms with Crippen molar-refractivity contribution in [3.8, 4) is 16.9 Å². The van der Waals surface area contributed by atoms with Crippen LogP contribution in [0.3, 0.4) is 0 Å². The summed E-state index contributed by atoms with van der Waals surface area (Å²) in [6, 6.07) is 10.9. The normalized spacial score (nSPS) is 12.9. The van der Waals surface area contributed by atoms with Crippen molar-refractivity contribution >= 4 is 27.8 Å². The highest BCUT2D eigenvalue weighted by Gasteiger charge is 2.22. The zero-order chi connectivity index (χ0) is 20.1. The number of aliphatic carboxylic acids is 1. The van der Waals surface area contributed by atoms with Gasteiger partial charge < -0.3 is 14.8 Å². The van der Waals surface area contributed by atoms with Gasteiger partial charge in [-0.3, -0.25) is 14.6 Å². The Morgan fingerprint density at radius 1 is 1.24 bits per heavy atom. The molecule has 0 saturated carbocycles. The topological polar surface area (TPSA) is 92.3 Å².